The van der Waals surface area contributed by atoms with E-state index in [0.29, 0.717) is 5.92 Å². The number of rotatable bonds is 3. The zero-order valence-corrected chi connectivity index (χ0v) is 23.1. The van der Waals surface area contributed by atoms with Gasteiger partial charge in [-0.25, -0.2) is 4.98 Å². The average Bonchev–Trinajstić information content (AvgIpc) is 3.24. The van der Waals surface area contributed by atoms with Crippen molar-refractivity contribution < 1.29 is 25.2 Å². The summed E-state index contributed by atoms with van der Waals surface area (Å²) in [5.74, 6) is 1.51. The molecule has 0 aliphatic carbocycles. The molecule has 0 saturated heterocycles. The number of fused-ring (bicyclic) bond motifs is 1. The van der Waals surface area contributed by atoms with Gasteiger partial charge in [0.05, 0.1) is 5.56 Å². The van der Waals surface area contributed by atoms with Gasteiger partial charge in [0.1, 0.15) is 11.6 Å². The van der Waals surface area contributed by atoms with Crippen LogP contribution in [-0.2, 0) is 27.2 Å². The second-order valence-corrected chi connectivity index (χ2v) is 8.90. The van der Waals surface area contributed by atoms with Crippen molar-refractivity contribution in [2.75, 3.05) is 0 Å². The van der Waals surface area contributed by atoms with Crippen molar-refractivity contribution in [1.29, 1.82) is 0 Å². The van der Waals surface area contributed by atoms with Crippen molar-refractivity contribution in [2.24, 2.45) is 7.05 Å². The molecule has 0 unspecified atom stereocenters. The molecule has 181 valence electrons. The summed E-state index contributed by atoms with van der Waals surface area (Å²) >= 11 is 0. The molecule has 0 amide bonds. The van der Waals surface area contributed by atoms with Crippen LogP contribution in [0.25, 0.3) is 33.4 Å². The fourth-order valence-electron chi connectivity index (χ4n) is 4.20. The van der Waals surface area contributed by atoms with E-state index in [2.05, 4.69) is 75.1 Å². The van der Waals surface area contributed by atoms with E-state index in [1.54, 1.807) is 18.3 Å². The van der Waals surface area contributed by atoms with Crippen molar-refractivity contribution in [3.63, 3.8) is 0 Å². The monoisotopic (exact) mass is 641 g/mol. The molecule has 35 heavy (non-hydrogen) atoms. The summed E-state index contributed by atoms with van der Waals surface area (Å²) in [5, 5.41) is 12.1. The molecule has 0 aliphatic rings. The number of para-hydroxylation sites is 1. The van der Waals surface area contributed by atoms with Crippen LogP contribution >= 0.6 is 0 Å². The van der Waals surface area contributed by atoms with Crippen LogP contribution < -0.4 is 0 Å². The third-order valence-electron chi connectivity index (χ3n) is 5.82. The number of aryl methyl sites for hydroxylation is 3. The molecule has 0 spiro atoms. The minimum atomic E-state index is 0. The standard InChI is InChI=1S/C20H20N.C10H10N2O.Ir/c1-13(2)19-12-21-20(18-8-6-5-7-17(18)19)16-10-14(3)9-15(4)11-16;1-12-7-6-11-10(12)8-4-2-3-5-9(8)13;/h5-10,12-13H,1-4H3;2-7,13H,1H3;/q-1;;. The number of imidazole rings is 1. The van der Waals surface area contributed by atoms with Gasteiger partial charge in [-0.2, -0.15) is 0 Å². The van der Waals surface area contributed by atoms with E-state index in [-0.39, 0.29) is 25.9 Å². The zero-order valence-electron chi connectivity index (χ0n) is 20.7. The normalized spacial score (nSPS) is 10.6. The number of benzene rings is 3. The average molecular weight is 641 g/mol. The summed E-state index contributed by atoms with van der Waals surface area (Å²) in [5.41, 5.74) is 6.58. The Labute approximate surface area is 221 Å². The number of aromatic nitrogens is 3. The van der Waals surface area contributed by atoms with E-state index in [4.69, 9.17) is 4.98 Å². The molecule has 1 radical (unpaired) electrons. The minimum Gasteiger partial charge on any atom is -0.507 e. The molecule has 0 atom stereocenters. The van der Waals surface area contributed by atoms with Gasteiger partial charge >= 0.3 is 0 Å². The molecular formula is C30H30IrN3O-. The number of hydrogen-bond donors (Lipinski definition) is 1. The summed E-state index contributed by atoms with van der Waals surface area (Å²) in [4.78, 5) is 8.90. The Morgan fingerprint density at radius 1 is 0.914 bits per heavy atom. The molecular weight excluding hydrogens is 611 g/mol. The maximum Gasteiger partial charge on any atom is 0.143 e. The predicted molar refractivity (Wildman–Crippen MR) is 140 cm³/mol. The van der Waals surface area contributed by atoms with Crippen LogP contribution in [-0.4, -0.2) is 19.6 Å². The van der Waals surface area contributed by atoms with Gasteiger partial charge in [-0.3, -0.25) is 0 Å². The molecule has 2 heterocycles. The molecule has 5 heteroatoms. The first-order valence-corrected chi connectivity index (χ1v) is 11.5. The quantitative estimate of drug-likeness (QED) is 0.212. The first kappa shape index (κ1) is 26.3. The smallest absolute Gasteiger partial charge is 0.143 e. The van der Waals surface area contributed by atoms with Gasteiger partial charge in [0.15, 0.2) is 0 Å². The Hall–Kier alpha value is -3.27. The van der Waals surface area contributed by atoms with Gasteiger partial charge in [-0.15, -0.1) is 34.9 Å². The Bertz CT molecular complexity index is 1420. The maximum atomic E-state index is 9.55. The first-order valence-electron chi connectivity index (χ1n) is 11.5. The summed E-state index contributed by atoms with van der Waals surface area (Å²) in [6.45, 7) is 8.63. The van der Waals surface area contributed by atoms with E-state index < -0.39 is 0 Å². The number of nitrogens with zero attached hydrogens (tertiary/aromatic N) is 3. The molecule has 5 aromatic rings. The molecule has 0 aliphatic heterocycles. The summed E-state index contributed by atoms with van der Waals surface area (Å²) in [6.07, 6.45) is 5.58. The van der Waals surface area contributed by atoms with Crippen molar-refractivity contribution in [1.82, 2.24) is 14.5 Å². The van der Waals surface area contributed by atoms with Gasteiger partial charge in [0, 0.05) is 45.7 Å². The van der Waals surface area contributed by atoms with E-state index in [0.717, 1.165) is 28.2 Å². The van der Waals surface area contributed by atoms with E-state index in [1.807, 2.05) is 36.1 Å². The maximum absolute atomic E-state index is 9.55. The van der Waals surface area contributed by atoms with Crippen LogP contribution in [0.15, 0.2) is 79.3 Å². The molecule has 0 saturated carbocycles. The van der Waals surface area contributed by atoms with Crippen LogP contribution in [0.1, 0.15) is 36.5 Å². The van der Waals surface area contributed by atoms with Gasteiger partial charge in [-0.1, -0.05) is 64.1 Å². The van der Waals surface area contributed by atoms with E-state index in [9.17, 15) is 5.11 Å². The second kappa shape index (κ2) is 11.4. The molecule has 0 bridgehead atoms. The Morgan fingerprint density at radius 2 is 1.60 bits per heavy atom. The number of phenolic OH excluding ortho intramolecular Hbond substituents is 1. The number of hydrogen-bond acceptors (Lipinski definition) is 3. The Kier molecular flexibility index (Phi) is 8.61. The SMILES string of the molecule is Cc1[c-]c(-c2ncc(C(C)C)c3ccccc23)cc(C)c1.Cn1ccnc1-c1ccccc1O.[Ir]. The molecule has 3 aromatic carbocycles. The largest absolute Gasteiger partial charge is 0.507 e. The molecule has 5 rings (SSSR count). The molecule has 1 N–H and O–H groups in total. The van der Waals surface area contributed by atoms with Crippen LogP contribution in [0.3, 0.4) is 0 Å². The molecule has 4 nitrogen and oxygen atoms in total. The van der Waals surface area contributed by atoms with Crippen LogP contribution in [0.2, 0.25) is 0 Å². The summed E-state index contributed by atoms with van der Waals surface area (Å²) < 4.78 is 1.87. The van der Waals surface area contributed by atoms with E-state index in [1.165, 1.54) is 21.9 Å². The van der Waals surface area contributed by atoms with Crippen molar-refractivity contribution >= 4 is 10.8 Å². The van der Waals surface area contributed by atoms with Crippen molar-refractivity contribution in [2.45, 2.75) is 33.6 Å². The van der Waals surface area contributed by atoms with Crippen molar-refractivity contribution in [3.8, 4) is 28.4 Å². The van der Waals surface area contributed by atoms with Crippen LogP contribution in [0, 0.1) is 19.9 Å². The summed E-state index contributed by atoms with van der Waals surface area (Å²) in [6, 6.07) is 23.5. The van der Waals surface area contributed by atoms with Gasteiger partial charge in [0.2, 0.25) is 0 Å². The predicted octanol–water partition coefficient (Wildman–Crippen LogP) is 7.23. The van der Waals surface area contributed by atoms with Crippen LogP contribution in [0.5, 0.6) is 5.75 Å². The first-order chi connectivity index (χ1) is 16.3. The molecule has 2 aromatic heterocycles. The third-order valence-corrected chi connectivity index (χ3v) is 5.82. The zero-order chi connectivity index (χ0) is 24.2. The summed E-state index contributed by atoms with van der Waals surface area (Å²) in [7, 11) is 1.90. The second-order valence-electron chi connectivity index (χ2n) is 8.90. The van der Waals surface area contributed by atoms with Crippen molar-refractivity contribution in [3.05, 3.63) is 102 Å². The Morgan fingerprint density at radius 3 is 2.23 bits per heavy atom. The number of pyridine rings is 1. The minimum absolute atomic E-state index is 0. The van der Waals surface area contributed by atoms with Crippen LogP contribution in [0.4, 0.5) is 0 Å². The third kappa shape index (κ3) is 5.87. The topological polar surface area (TPSA) is 50.9 Å². The van der Waals surface area contributed by atoms with Gasteiger partial charge in [0.25, 0.3) is 0 Å². The van der Waals surface area contributed by atoms with E-state index >= 15 is 0 Å². The number of phenols is 1. The fraction of sp³-hybridized carbons (Fsp3) is 0.200. The molecule has 0 fully saturated rings. The Balaban J connectivity index is 0.000000211. The fourth-order valence-corrected chi connectivity index (χ4v) is 4.20. The number of aromatic hydroxyl groups is 1. The van der Waals surface area contributed by atoms with Gasteiger partial charge < -0.3 is 14.7 Å². The van der Waals surface area contributed by atoms with Gasteiger partial charge in [-0.05, 0) is 40.1 Å².